The first kappa shape index (κ1) is 21.3. The lowest BCUT2D eigenvalue weighted by molar-refractivity contribution is 0.0714. The van der Waals surface area contributed by atoms with E-state index in [1.54, 1.807) is 39.7 Å². The van der Waals surface area contributed by atoms with Gasteiger partial charge in [-0.15, -0.1) is 5.10 Å². The predicted octanol–water partition coefficient (Wildman–Crippen LogP) is 3.23. The number of aryl methyl sites for hydroxylation is 1. The number of benzene rings is 2. The average Bonchev–Trinajstić information content (AvgIpc) is 3.49. The highest BCUT2D eigenvalue weighted by Gasteiger charge is 2.31. The molecule has 5 rings (SSSR count). The van der Waals surface area contributed by atoms with Gasteiger partial charge in [0.05, 0.1) is 18.8 Å². The van der Waals surface area contributed by atoms with Crippen molar-refractivity contribution < 1.29 is 14.0 Å². The molecule has 0 aliphatic carbocycles. The van der Waals surface area contributed by atoms with E-state index in [4.69, 9.17) is 0 Å². The van der Waals surface area contributed by atoms with Crippen molar-refractivity contribution in [2.24, 2.45) is 0 Å². The molecule has 2 aliphatic rings. The van der Waals surface area contributed by atoms with Crippen molar-refractivity contribution in [2.45, 2.75) is 45.3 Å². The molecule has 1 atom stereocenters. The fourth-order valence-corrected chi connectivity index (χ4v) is 4.72. The van der Waals surface area contributed by atoms with Crippen LogP contribution in [0.1, 0.15) is 50.4 Å². The van der Waals surface area contributed by atoms with Gasteiger partial charge in [0, 0.05) is 25.2 Å². The molecule has 170 valence electrons. The minimum Gasteiger partial charge on any atom is -0.334 e. The molecule has 3 aromatic rings. The van der Waals surface area contributed by atoms with Crippen molar-refractivity contribution in [2.75, 3.05) is 13.1 Å². The number of amides is 2. The van der Waals surface area contributed by atoms with Gasteiger partial charge in [-0.1, -0.05) is 35.5 Å². The van der Waals surface area contributed by atoms with Crippen LogP contribution in [0.25, 0.3) is 0 Å². The molecule has 7 nitrogen and oxygen atoms in total. The Morgan fingerprint density at radius 1 is 1.09 bits per heavy atom. The predicted molar refractivity (Wildman–Crippen MR) is 120 cm³/mol. The summed E-state index contributed by atoms with van der Waals surface area (Å²) in [6.45, 7) is 3.96. The van der Waals surface area contributed by atoms with Crippen LogP contribution in [-0.4, -0.2) is 55.7 Å². The van der Waals surface area contributed by atoms with E-state index in [0.717, 1.165) is 24.8 Å². The first-order valence-corrected chi connectivity index (χ1v) is 11.3. The first-order chi connectivity index (χ1) is 16.0. The number of fused-ring (bicyclic) bond motifs is 1. The second kappa shape index (κ2) is 8.77. The lowest BCUT2D eigenvalue weighted by Crippen LogP contribution is -2.38. The molecule has 3 heterocycles. The number of halogens is 1. The topological polar surface area (TPSA) is 71.3 Å². The number of rotatable bonds is 4. The molecule has 0 spiro atoms. The summed E-state index contributed by atoms with van der Waals surface area (Å²) in [5.41, 5.74) is 3.62. The van der Waals surface area contributed by atoms with Crippen molar-refractivity contribution >= 4 is 11.8 Å². The van der Waals surface area contributed by atoms with Gasteiger partial charge in [-0.3, -0.25) is 9.59 Å². The van der Waals surface area contributed by atoms with Gasteiger partial charge >= 0.3 is 0 Å². The minimum absolute atomic E-state index is 0.0756. The van der Waals surface area contributed by atoms with Crippen molar-refractivity contribution in [1.29, 1.82) is 0 Å². The van der Waals surface area contributed by atoms with Crippen LogP contribution in [0.3, 0.4) is 0 Å². The molecule has 0 radical (unpaired) electrons. The molecule has 2 aliphatic heterocycles. The summed E-state index contributed by atoms with van der Waals surface area (Å²) >= 11 is 0. The molecular weight excluding hydrogens is 421 g/mol. The van der Waals surface area contributed by atoms with E-state index in [0.29, 0.717) is 43.0 Å². The van der Waals surface area contributed by atoms with Crippen molar-refractivity contribution in [1.82, 2.24) is 24.8 Å². The van der Waals surface area contributed by atoms with Crippen LogP contribution < -0.4 is 0 Å². The van der Waals surface area contributed by atoms with Gasteiger partial charge < -0.3 is 9.80 Å². The van der Waals surface area contributed by atoms with Gasteiger partial charge in [-0.2, -0.15) is 0 Å². The number of hydrogen-bond acceptors (Lipinski definition) is 4. The van der Waals surface area contributed by atoms with Gasteiger partial charge in [-0.25, -0.2) is 9.07 Å². The number of nitrogens with zero attached hydrogens (tertiary/aromatic N) is 5. The van der Waals surface area contributed by atoms with Crippen LogP contribution >= 0.6 is 0 Å². The maximum Gasteiger partial charge on any atom is 0.276 e. The molecule has 1 unspecified atom stereocenters. The summed E-state index contributed by atoms with van der Waals surface area (Å²) in [4.78, 5) is 29.5. The number of carbonyl (C=O) groups is 2. The zero-order chi connectivity index (χ0) is 22.9. The molecule has 1 aromatic heterocycles. The third-order valence-electron chi connectivity index (χ3n) is 6.63. The quantitative estimate of drug-likeness (QED) is 0.616. The van der Waals surface area contributed by atoms with Crippen LogP contribution in [0, 0.1) is 12.7 Å². The first-order valence-electron chi connectivity index (χ1n) is 11.3. The van der Waals surface area contributed by atoms with Crippen LogP contribution in [0.5, 0.6) is 0 Å². The summed E-state index contributed by atoms with van der Waals surface area (Å²) in [6, 6.07) is 12.7. The summed E-state index contributed by atoms with van der Waals surface area (Å²) < 4.78 is 15.6. The van der Waals surface area contributed by atoms with Crippen LogP contribution in [0.4, 0.5) is 4.39 Å². The Morgan fingerprint density at radius 2 is 1.91 bits per heavy atom. The van der Waals surface area contributed by atoms with E-state index in [9.17, 15) is 14.0 Å². The highest BCUT2D eigenvalue weighted by Crippen LogP contribution is 2.23. The Balaban J connectivity index is 1.26. The van der Waals surface area contributed by atoms with Gasteiger partial charge in [0.15, 0.2) is 5.69 Å². The van der Waals surface area contributed by atoms with E-state index < -0.39 is 0 Å². The fraction of sp³-hybridized carbons (Fsp3) is 0.360. The fourth-order valence-electron chi connectivity index (χ4n) is 4.72. The zero-order valence-electron chi connectivity index (χ0n) is 18.6. The summed E-state index contributed by atoms with van der Waals surface area (Å²) in [6.07, 6.45) is 4.19. The largest absolute Gasteiger partial charge is 0.334 e. The molecule has 2 aromatic carbocycles. The molecule has 0 bridgehead atoms. The van der Waals surface area contributed by atoms with Gasteiger partial charge in [-0.05, 0) is 55.0 Å². The number of likely N-dealkylation sites (tertiary alicyclic amines) is 1. The Bertz CT molecular complexity index is 1210. The van der Waals surface area contributed by atoms with Crippen molar-refractivity contribution in [3.63, 3.8) is 0 Å². The van der Waals surface area contributed by atoms with E-state index in [1.807, 2.05) is 12.1 Å². The lowest BCUT2D eigenvalue weighted by atomic mass is 10.00. The molecule has 8 heteroatoms. The lowest BCUT2D eigenvalue weighted by Gasteiger charge is -2.28. The smallest absolute Gasteiger partial charge is 0.276 e. The monoisotopic (exact) mass is 447 g/mol. The van der Waals surface area contributed by atoms with E-state index in [1.165, 1.54) is 11.6 Å². The van der Waals surface area contributed by atoms with Crippen molar-refractivity contribution in [3.05, 3.63) is 82.4 Å². The summed E-state index contributed by atoms with van der Waals surface area (Å²) in [5, 5.41) is 8.26. The van der Waals surface area contributed by atoms with Gasteiger partial charge in [0.1, 0.15) is 5.82 Å². The SMILES string of the molecule is Cc1ccc(C(=O)N2CCCC2Cn2cc(C(=O)N3CCc4ccccc4C3)nn2)cc1F. The summed E-state index contributed by atoms with van der Waals surface area (Å²) in [5.74, 6) is -0.693. The zero-order valence-corrected chi connectivity index (χ0v) is 18.6. The number of carbonyl (C=O) groups excluding carboxylic acids is 2. The maximum absolute atomic E-state index is 14.0. The maximum atomic E-state index is 14.0. The normalized spacial score (nSPS) is 17.8. The Labute approximate surface area is 191 Å². The number of hydrogen-bond donors (Lipinski definition) is 0. The third-order valence-corrected chi connectivity index (χ3v) is 6.63. The molecular formula is C25H26FN5O2. The van der Waals surface area contributed by atoms with E-state index in [-0.39, 0.29) is 23.7 Å². The Morgan fingerprint density at radius 3 is 2.73 bits per heavy atom. The minimum atomic E-state index is -0.378. The van der Waals surface area contributed by atoms with Crippen LogP contribution in [-0.2, 0) is 19.5 Å². The molecule has 1 fully saturated rings. The highest BCUT2D eigenvalue weighted by molar-refractivity contribution is 5.94. The second-order valence-electron chi connectivity index (χ2n) is 8.83. The van der Waals surface area contributed by atoms with Crippen LogP contribution in [0.2, 0.25) is 0 Å². The van der Waals surface area contributed by atoms with Crippen LogP contribution in [0.15, 0.2) is 48.7 Å². The molecule has 0 N–H and O–H groups in total. The molecule has 2 amide bonds. The highest BCUT2D eigenvalue weighted by atomic mass is 19.1. The summed E-state index contributed by atoms with van der Waals surface area (Å²) in [7, 11) is 0. The van der Waals surface area contributed by atoms with E-state index in [2.05, 4.69) is 22.4 Å². The van der Waals surface area contributed by atoms with Crippen molar-refractivity contribution in [3.8, 4) is 0 Å². The molecule has 1 saturated heterocycles. The third kappa shape index (κ3) is 4.25. The molecule has 0 saturated carbocycles. The van der Waals surface area contributed by atoms with Gasteiger partial charge in [0.2, 0.25) is 0 Å². The van der Waals surface area contributed by atoms with Gasteiger partial charge in [0.25, 0.3) is 11.8 Å². The Kier molecular flexibility index (Phi) is 5.66. The number of aromatic nitrogens is 3. The average molecular weight is 448 g/mol. The second-order valence-corrected chi connectivity index (χ2v) is 8.83. The van der Waals surface area contributed by atoms with E-state index >= 15 is 0 Å². The molecule has 33 heavy (non-hydrogen) atoms. The standard InChI is InChI=1S/C25H26FN5O2/c1-17-8-9-19(13-22(17)26)24(32)31-11-4-7-21(31)15-30-16-23(27-28-30)25(33)29-12-10-18-5-2-3-6-20(18)14-29/h2-3,5-6,8-9,13,16,21H,4,7,10-12,14-15H2,1H3. The Hall–Kier alpha value is -3.55.